The Hall–Kier alpha value is -0.720. The largest absolute Gasteiger partial charge is 0.463 e. The zero-order valence-corrected chi connectivity index (χ0v) is 10.1. The van der Waals surface area contributed by atoms with E-state index in [1.807, 2.05) is 24.2 Å². The first-order chi connectivity index (χ1) is 7.12. The van der Waals surface area contributed by atoms with Crippen molar-refractivity contribution in [2.45, 2.75) is 25.8 Å². The molecule has 86 valence electrons. The van der Waals surface area contributed by atoms with Crippen LogP contribution in [0.2, 0.25) is 0 Å². The van der Waals surface area contributed by atoms with Gasteiger partial charge in [-0.25, -0.2) is 10.2 Å². The Kier molecular flexibility index (Phi) is 4.01. The van der Waals surface area contributed by atoms with Crippen molar-refractivity contribution in [1.29, 1.82) is 0 Å². The Balaban J connectivity index is 2.91. The first-order valence-electron chi connectivity index (χ1n) is 4.89. The number of likely N-dealkylation sites (N-methyl/N-ethyl adjacent to an activating group) is 1. The molecule has 1 rings (SSSR count). The van der Waals surface area contributed by atoms with Gasteiger partial charge in [-0.1, -0.05) is 11.8 Å². The Bertz CT molecular complexity index is 283. The predicted octanol–water partition coefficient (Wildman–Crippen LogP) is 0.597. The second-order valence-electron chi connectivity index (χ2n) is 3.13. The summed E-state index contributed by atoms with van der Waals surface area (Å²) < 4.78 is 5.02. The Labute approximate surface area is 94.0 Å². The third kappa shape index (κ3) is 1.97. The van der Waals surface area contributed by atoms with Crippen LogP contribution in [0.3, 0.4) is 0 Å². The molecule has 0 fully saturated rings. The zero-order chi connectivity index (χ0) is 11.5. The van der Waals surface area contributed by atoms with Crippen LogP contribution in [-0.4, -0.2) is 29.0 Å². The van der Waals surface area contributed by atoms with Gasteiger partial charge in [-0.3, -0.25) is 5.84 Å². The molecule has 3 N–H and O–H groups in total. The van der Waals surface area contributed by atoms with Crippen LogP contribution in [-0.2, 0) is 9.53 Å². The lowest BCUT2D eigenvalue weighted by molar-refractivity contribution is -0.152. The van der Waals surface area contributed by atoms with E-state index in [1.165, 1.54) is 11.8 Å². The number of nitrogens with one attached hydrogen (secondary N) is 1. The van der Waals surface area contributed by atoms with Gasteiger partial charge in [0.05, 0.1) is 6.61 Å². The minimum absolute atomic E-state index is 0.347. The van der Waals surface area contributed by atoms with Crippen molar-refractivity contribution in [2.24, 2.45) is 5.84 Å². The fourth-order valence-corrected chi connectivity index (χ4v) is 2.67. The number of hydrazine groups is 1. The minimum Gasteiger partial charge on any atom is -0.463 e. The van der Waals surface area contributed by atoms with Crippen molar-refractivity contribution in [1.82, 2.24) is 10.3 Å². The Morgan fingerprint density at radius 2 is 2.40 bits per heavy atom. The monoisotopic (exact) mass is 231 g/mol. The molecule has 0 bridgehead atoms. The maximum Gasteiger partial charge on any atom is 0.360 e. The van der Waals surface area contributed by atoms with E-state index in [4.69, 9.17) is 10.6 Å². The summed E-state index contributed by atoms with van der Waals surface area (Å²) in [4.78, 5) is 12.7. The second kappa shape index (κ2) is 4.87. The van der Waals surface area contributed by atoms with Crippen molar-refractivity contribution in [3.63, 3.8) is 0 Å². The number of hydrogen-bond acceptors (Lipinski definition) is 6. The summed E-state index contributed by atoms with van der Waals surface area (Å²) >= 11 is 1.33. The summed E-state index contributed by atoms with van der Waals surface area (Å²) in [5, 5.41) is 1.90. The lowest BCUT2D eigenvalue weighted by Gasteiger charge is -2.36. The average Bonchev–Trinajstić information content (AvgIpc) is 2.56. The zero-order valence-electron chi connectivity index (χ0n) is 9.24. The Morgan fingerprint density at radius 3 is 2.87 bits per heavy atom. The third-order valence-corrected chi connectivity index (χ3v) is 3.57. The summed E-state index contributed by atoms with van der Waals surface area (Å²) in [6, 6.07) is 0. The van der Waals surface area contributed by atoms with E-state index in [0.29, 0.717) is 13.2 Å². The van der Waals surface area contributed by atoms with Crippen molar-refractivity contribution in [3.8, 4) is 0 Å². The number of carbonyl (C=O) groups is 1. The van der Waals surface area contributed by atoms with Gasteiger partial charge in [-0.05, 0) is 26.2 Å². The first kappa shape index (κ1) is 12.4. The molecule has 0 spiro atoms. The topological polar surface area (TPSA) is 67.6 Å². The molecule has 0 saturated carbocycles. The molecule has 1 aliphatic rings. The number of nitrogens with zero attached hydrogens (tertiary/aromatic N) is 1. The summed E-state index contributed by atoms with van der Waals surface area (Å²) in [6.07, 6.45) is 0. The van der Waals surface area contributed by atoms with Crippen LogP contribution < -0.4 is 11.3 Å². The van der Waals surface area contributed by atoms with Gasteiger partial charge < -0.3 is 9.64 Å². The molecule has 5 nitrogen and oxygen atoms in total. The number of allylic oxidation sites excluding steroid dienone is 1. The van der Waals surface area contributed by atoms with Crippen molar-refractivity contribution in [2.75, 3.05) is 13.2 Å². The molecular formula is C9H17N3O2S. The number of ether oxygens (including phenoxy) is 1. The molecule has 6 heteroatoms. The predicted molar refractivity (Wildman–Crippen MR) is 60.4 cm³/mol. The standard InChI is InChI=1S/C9H17N3O2S/c1-4-12-7(3)6-15-9(12,11-10)8(13)14-5-2/h6,11H,4-5,10H2,1-3H3. The molecule has 1 aliphatic heterocycles. The molecular weight excluding hydrogens is 214 g/mol. The highest BCUT2D eigenvalue weighted by atomic mass is 32.2. The molecule has 0 aliphatic carbocycles. The van der Waals surface area contributed by atoms with Gasteiger partial charge in [0.25, 0.3) is 4.99 Å². The third-order valence-electron chi connectivity index (χ3n) is 2.27. The van der Waals surface area contributed by atoms with Crippen LogP contribution in [0, 0.1) is 0 Å². The number of thioether (sulfide) groups is 1. The maximum atomic E-state index is 11.9. The molecule has 1 atom stereocenters. The lowest BCUT2D eigenvalue weighted by atomic mass is 10.3. The fourth-order valence-electron chi connectivity index (χ4n) is 1.58. The van der Waals surface area contributed by atoms with Gasteiger partial charge in [0.2, 0.25) is 0 Å². The summed E-state index contributed by atoms with van der Waals surface area (Å²) in [7, 11) is 0. The summed E-state index contributed by atoms with van der Waals surface area (Å²) in [5.41, 5.74) is 3.56. The van der Waals surface area contributed by atoms with Crippen molar-refractivity contribution < 1.29 is 9.53 Å². The number of nitrogens with two attached hydrogens (primary N) is 1. The first-order valence-corrected chi connectivity index (χ1v) is 5.77. The summed E-state index contributed by atoms with van der Waals surface area (Å²) in [6.45, 7) is 6.72. The number of hydrogen-bond donors (Lipinski definition) is 2. The van der Waals surface area contributed by atoms with Gasteiger partial charge in [0, 0.05) is 12.2 Å². The van der Waals surface area contributed by atoms with E-state index < -0.39 is 4.99 Å². The fraction of sp³-hybridized carbons (Fsp3) is 0.667. The average molecular weight is 231 g/mol. The van der Waals surface area contributed by atoms with Crippen LogP contribution in [0.5, 0.6) is 0 Å². The molecule has 0 saturated heterocycles. The van der Waals surface area contributed by atoms with E-state index in [0.717, 1.165) is 5.70 Å². The van der Waals surface area contributed by atoms with Crippen molar-refractivity contribution >= 4 is 17.7 Å². The molecule has 0 aromatic heterocycles. The molecule has 15 heavy (non-hydrogen) atoms. The van der Waals surface area contributed by atoms with Crippen LogP contribution in [0.4, 0.5) is 0 Å². The SMILES string of the molecule is CCOC(=O)C1(NN)SC=C(C)N1CC. The molecule has 0 radical (unpaired) electrons. The van der Waals surface area contributed by atoms with Gasteiger partial charge in [0.1, 0.15) is 0 Å². The molecule has 1 heterocycles. The second-order valence-corrected chi connectivity index (χ2v) is 4.19. The van der Waals surface area contributed by atoms with Crippen molar-refractivity contribution in [3.05, 3.63) is 11.1 Å². The van der Waals surface area contributed by atoms with Gasteiger partial charge in [-0.2, -0.15) is 0 Å². The van der Waals surface area contributed by atoms with Crippen LogP contribution in [0.15, 0.2) is 11.1 Å². The van der Waals surface area contributed by atoms with Gasteiger partial charge in [-0.15, -0.1) is 0 Å². The van der Waals surface area contributed by atoms with Crippen LogP contribution >= 0.6 is 11.8 Å². The number of carbonyl (C=O) groups excluding carboxylic acids is 1. The molecule has 0 aromatic carbocycles. The highest BCUT2D eigenvalue weighted by Crippen LogP contribution is 2.38. The smallest absolute Gasteiger partial charge is 0.360 e. The number of rotatable bonds is 4. The van der Waals surface area contributed by atoms with E-state index in [-0.39, 0.29) is 5.97 Å². The summed E-state index contributed by atoms with van der Waals surface area (Å²) in [5.74, 6) is 5.13. The lowest BCUT2D eigenvalue weighted by Crippen LogP contribution is -2.62. The highest BCUT2D eigenvalue weighted by Gasteiger charge is 2.48. The molecule has 0 aromatic rings. The maximum absolute atomic E-state index is 11.9. The van der Waals surface area contributed by atoms with E-state index in [2.05, 4.69) is 5.43 Å². The van der Waals surface area contributed by atoms with E-state index in [9.17, 15) is 4.79 Å². The van der Waals surface area contributed by atoms with E-state index >= 15 is 0 Å². The number of esters is 1. The van der Waals surface area contributed by atoms with Crippen LogP contribution in [0.1, 0.15) is 20.8 Å². The van der Waals surface area contributed by atoms with Crippen LogP contribution in [0.25, 0.3) is 0 Å². The Morgan fingerprint density at radius 1 is 1.73 bits per heavy atom. The molecule has 0 amide bonds. The normalized spacial score (nSPS) is 25.3. The minimum atomic E-state index is -0.991. The quantitative estimate of drug-likeness (QED) is 0.419. The van der Waals surface area contributed by atoms with Gasteiger partial charge in [0.15, 0.2) is 0 Å². The molecule has 1 unspecified atom stereocenters. The van der Waals surface area contributed by atoms with E-state index in [1.54, 1.807) is 6.92 Å². The van der Waals surface area contributed by atoms with Gasteiger partial charge >= 0.3 is 5.97 Å². The highest BCUT2D eigenvalue weighted by molar-refractivity contribution is 8.04.